The number of nitrogens with one attached hydrogen (secondary N) is 1. The average Bonchev–Trinajstić information content (AvgIpc) is 3.05. The van der Waals surface area contributed by atoms with E-state index in [0.29, 0.717) is 12.2 Å². The Labute approximate surface area is 124 Å². The summed E-state index contributed by atoms with van der Waals surface area (Å²) in [5.41, 5.74) is 0.458. The molecule has 3 rings (SSSR count). The number of carbonyl (C=O) groups is 1. The van der Waals surface area contributed by atoms with E-state index in [1.54, 1.807) is 24.2 Å². The number of pyridine rings is 1. The monoisotopic (exact) mass is 304 g/mol. The standard InChI is InChI=1S/C13H12N4OS2/c18-12(10-9-17-6-8-20-13(17)16-10)15-5-7-19-11-3-1-2-4-14-11/h1-4,6,8-9H,5,7H2,(H,15,18). The van der Waals surface area contributed by atoms with Crippen molar-refractivity contribution in [2.24, 2.45) is 0 Å². The molecule has 0 spiro atoms. The second-order valence-corrected chi connectivity index (χ2v) is 5.98. The van der Waals surface area contributed by atoms with Crippen molar-refractivity contribution in [3.63, 3.8) is 0 Å². The first kappa shape index (κ1) is 13.1. The lowest BCUT2D eigenvalue weighted by Gasteiger charge is -2.02. The number of imidazole rings is 1. The maximum absolute atomic E-state index is 11.9. The van der Waals surface area contributed by atoms with Crippen LogP contribution in [0.1, 0.15) is 10.5 Å². The summed E-state index contributed by atoms with van der Waals surface area (Å²) in [5, 5.41) is 5.76. The number of thiazole rings is 1. The Morgan fingerprint density at radius 3 is 3.20 bits per heavy atom. The molecule has 0 fully saturated rings. The molecular formula is C13H12N4OS2. The zero-order chi connectivity index (χ0) is 13.8. The Balaban J connectivity index is 1.49. The van der Waals surface area contributed by atoms with E-state index in [1.807, 2.05) is 34.2 Å². The summed E-state index contributed by atoms with van der Waals surface area (Å²) in [6.45, 7) is 0.589. The molecular weight excluding hydrogens is 292 g/mol. The van der Waals surface area contributed by atoms with Crippen LogP contribution in [0, 0.1) is 0 Å². The highest BCUT2D eigenvalue weighted by molar-refractivity contribution is 7.99. The molecule has 0 aliphatic rings. The number of amides is 1. The third-order valence-corrected chi connectivity index (χ3v) is 4.32. The first-order valence-corrected chi connectivity index (χ1v) is 7.94. The molecule has 0 aliphatic carbocycles. The number of nitrogens with zero attached hydrogens (tertiary/aromatic N) is 3. The van der Waals surface area contributed by atoms with Crippen LogP contribution < -0.4 is 5.32 Å². The minimum Gasteiger partial charge on any atom is -0.350 e. The lowest BCUT2D eigenvalue weighted by Crippen LogP contribution is -2.26. The van der Waals surface area contributed by atoms with Gasteiger partial charge in [0.15, 0.2) is 4.96 Å². The fourth-order valence-electron chi connectivity index (χ4n) is 1.68. The smallest absolute Gasteiger partial charge is 0.271 e. The molecule has 0 atom stereocenters. The molecule has 5 nitrogen and oxygen atoms in total. The predicted molar refractivity (Wildman–Crippen MR) is 80.4 cm³/mol. The highest BCUT2D eigenvalue weighted by Gasteiger charge is 2.10. The zero-order valence-electron chi connectivity index (χ0n) is 10.5. The molecule has 3 aromatic heterocycles. The van der Waals surface area contributed by atoms with E-state index < -0.39 is 0 Å². The second kappa shape index (κ2) is 6.06. The van der Waals surface area contributed by atoms with Gasteiger partial charge in [-0.3, -0.25) is 9.20 Å². The van der Waals surface area contributed by atoms with Gasteiger partial charge in [0.1, 0.15) is 5.69 Å². The maximum atomic E-state index is 11.9. The van der Waals surface area contributed by atoms with Crippen LogP contribution in [-0.2, 0) is 0 Å². The summed E-state index contributed by atoms with van der Waals surface area (Å²) in [6, 6.07) is 5.79. The van der Waals surface area contributed by atoms with Crippen LogP contribution in [0.3, 0.4) is 0 Å². The van der Waals surface area contributed by atoms with Gasteiger partial charge in [0.05, 0.1) is 5.03 Å². The van der Waals surface area contributed by atoms with E-state index in [1.165, 1.54) is 11.3 Å². The van der Waals surface area contributed by atoms with Crippen LogP contribution in [0.5, 0.6) is 0 Å². The van der Waals surface area contributed by atoms with Gasteiger partial charge in [0, 0.05) is 36.3 Å². The number of aromatic nitrogens is 3. The van der Waals surface area contributed by atoms with Crippen molar-refractivity contribution < 1.29 is 4.79 Å². The molecule has 0 bridgehead atoms. The van der Waals surface area contributed by atoms with Crippen LogP contribution in [-0.4, -0.2) is 32.6 Å². The minimum atomic E-state index is -0.137. The van der Waals surface area contributed by atoms with E-state index in [0.717, 1.165) is 15.7 Å². The normalized spacial score (nSPS) is 10.8. The fraction of sp³-hybridized carbons (Fsp3) is 0.154. The third kappa shape index (κ3) is 3.00. The van der Waals surface area contributed by atoms with Crippen LogP contribution >= 0.6 is 23.1 Å². The third-order valence-electron chi connectivity index (χ3n) is 2.60. The Morgan fingerprint density at radius 1 is 1.45 bits per heavy atom. The summed E-state index contributed by atoms with van der Waals surface area (Å²) in [5.74, 6) is 0.646. The molecule has 7 heteroatoms. The maximum Gasteiger partial charge on any atom is 0.271 e. The Kier molecular flexibility index (Phi) is 3.98. The summed E-state index contributed by atoms with van der Waals surface area (Å²) < 4.78 is 1.85. The van der Waals surface area contributed by atoms with Gasteiger partial charge < -0.3 is 5.32 Å². The van der Waals surface area contributed by atoms with Gasteiger partial charge in [-0.25, -0.2) is 9.97 Å². The predicted octanol–water partition coefficient (Wildman–Crippen LogP) is 2.31. The molecule has 3 aromatic rings. The lowest BCUT2D eigenvalue weighted by atomic mass is 10.4. The van der Waals surface area contributed by atoms with Crippen molar-refractivity contribution in [3.8, 4) is 0 Å². The lowest BCUT2D eigenvalue weighted by molar-refractivity contribution is 0.0952. The largest absolute Gasteiger partial charge is 0.350 e. The van der Waals surface area contributed by atoms with Gasteiger partial charge in [0.2, 0.25) is 0 Å². The van der Waals surface area contributed by atoms with Crippen molar-refractivity contribution in [3.05, 3.63) is 47.9 Å². The van der Waals surface area contributed by atoms with Crippen LogP contribution in [0.2, 0.25) is 0 Å². The molecule has 0 radical (unpaired) electrons. The van der Waals surface area contributed by atoms with Crippen molar-refractivity contribution in [1.82, 2.24) is 19.7 Å². The number of hydrogen-bond acceptors (Lipinski definition) is 5. The van der Waals surface area contributed by atoms with E-state index in [-0.39, 0.29) is 5.91 Å². The van der Waals surface area contributed by atoms with Crippen molar-refractivity contribution in [1.29, 1.82) is 0 Å². The molecule has 0 saturated heterocycles. The number of carbonyl (C=O) groups excluding carboxylic acids is 1. The molecule has 0 unspecified atom stereocenters. The molecule has 0 aliphatic heterocycles. The van der Waals surface area contributed by atoms with E-state index >= 15 is 0 Å². The summed E-state index contributed by atoms with van der Waals surface area (Å²) in [4.78, 5) is 21.2. The van der Waals surface area contributed by atoms with E-state index in [9.17, 15) is 4.79 Å². The second-order valence-electron chi connectivity index (χ2n) is 3.99. The number of thioether (sulfide) groups is 1. The van der Waals surface area contributed by atoms with Gasteiger partial charge in [-0.15, -0.1) is 23.1 Å². The minimum absolute atomic E-state index is 0.137. The van der Waals surface area contributed by atoms with Crippen molar-refractivity contribution in [2.75, 3.05) is 12.3 Å². The van der Waals surface area contributed by atoms with E-state index in [4.69, 9.17) is 0 Å². The Bertz CT molecular complexity index is 679. The van der Waals surface area contributed by atoms with Gasteiger partial charge in [-0.2, -0.15) is 0 Å². The average molecular weight is 304 g/mol. The molecule has 1 N–H and O–H groups in total. The van der Waals surface area contributed by atoms with Gasteiger partial charge in [-0.1, -0.05) is 6.07 Å². The van der Waals surface area contributed by atoms with Crippen LogP contribution in [0.15, 0.2) is 47.2 Å². The number of rotatable bonds is 5. The summed E-state index contributed by atoms with van der Waals surface area (Å²) in [6.07, 6.45) is 5.40. The van der Waals surface area contributed by atoms with Gasteiger partial charge in [-0.05, 0) is 12.1 Å². The molecule has 0 aromatic carbocycles. The highest BCUT2D eigenvalue weighted by Crippen LogP contribution is 2.13. The summed E-state index contributed by atoms with van der Waals surface area (Å²) in [7, 11) is 0. The van der Waals surface area contributed by atoms with E-state index in [2.05, 4.69) is 15.3 Å². The molecule has 3 heterocycles. The van der Waals surface area contributed by atoms with Crippen LogP contribution in [0.4, 0.5) is 0 Å². The SMILES string of the molecule is O=C(NCCSc1ccccn1)c1cn2ccsc2n1. The fourth-order valence-corrected chi connectivity index (χ4v) is 3.10. The molecule has 102 valence electrons. The summed E-state index contributed by atoms with van der Waals surface area (Å²) >= 11 is 3.13. The molecule has 20 heavy (non-hydrogen) atoms. The van der Waals surface area contributed by atoms with Gasteiger partial charge in [0.25, 0.3) is 5.91 Å². The first-order chi connectivity index (χ1) is 9.83. The van der Waals surface area contributed by atoms with Gasteiger partial charge >= 0.3 is 0 Å². The van der Waals surface area contributed by atoms with Crippen molar-refractivity contribution >= 4 is 34.0 Å². The number of hydrogen-bond donors (Lipinski definition) is 1. The number of fused-ring (bicyclic) bond motifs is 1. The Hall–Kier alpha value is -1.86. The molecule has 0 saturated carbocycles. The van der Waals surface area contributed by atoms with Crippen molar-refractivity contribution in [2.45, 2.75) is 5.03 Å². The zero-order valence-corrected chi connectivity index (χ0v) is 12.2. The molecule has 1 amide bonds. The quantitative estimate of drug-likeness (QED) is 0.580. The first-order valence-electron chi connectivity index (χ1n) is 6.07. The Morgan fingerprint density at radius 2 is 2.40 bits per heavy atom. The topological polar surface area (TPSA) is 59.3 Å². The highest BCUT2D eigenvalue weighted by atomic mass is 32.2. The van der Waals surface area contributed by atoms with Crippen LogP contribution in [0.25, 0.3) is 4.96 Å².